The van der Waals surface area contributed by atoms with E-state index in [1.165, 1.54) is 35.3 Å². The highest BCUT2D eigenvalue weighted by atomic mass is 32.2. The second kappa shape index (κ2) is 7.49. The maximum absolute atomic E-state index is 13.1. The summed E-state index contributed by atoms with van der Waals surface area (Å²) in [6.45, 7) is 2.82. The van der Waals surface area contributed by atoms with Crippen LogP contribution in [0, 0.1) is 6.92 Å². The number of amides is 1. The smallest absolute Gasteiger partial charge is 0.294 e. The van der Waals surface area contributed by atoms with E-state index in [4.69, 9.17) is 4.42 Å². The van der Waals surface area contributed by atoms with Gasteiger partial charge in [-0.15, -0.1) is 0 Å². The molecule has 1 aromatic carbocycles. The van der Waals surface area contributed by atoms with Crippen LogP contribution in [0.3, 0.4) is 0 Å². The van der Waals surface area contributed by atoms with Crippen molar-refractivity contribution in [3.8, 4) is 0 Å². The zero-order valence-electron chi connectivity index (χ0n) is 16.7. The molecule has 0 aliphatic carbocycles. The third-order valence-corrected chi connectivity index (χ3v) is 8.95. The van der Waals surface area contributed by atoms with Crippen LogP contribution < -0.4 is 9.62 Å². The highest BCUT2D eigenvalue weighted by Gasteiger charge is 2.34. The average molecular weight is 454 g/mol. The van der Waals surface area contributed by atoms with Crippen molar-refractivity contribution in [2.45, 2.75) is 36.0 Å². The predicted molar refractivity (Wildman–Crippen MR) is 110 cm³/mol. The number of carbonyl (C=O) groups excluding carboxylic acids is 1. The van der Waals surface area contributed by atoms with Gasteiger partial charge in [0.1, 0.15) is 10.7 Å². The first kappa shape index (κ1) is 21.0. The van der Waals surface area contributed by atoms with Gasteiger partial charge in [0, 0.05) is 31.4 Å². The van der Waals surface area contributed by atoms with E-state index in [9.17, 15) is 21.6 Å². The second-order valence-electron chi connectivity index (χ2n) is 7.35. The molecule has 0 bridgehead atoms. The Balaban J connectivity index is 1.63. The van der Waals surface area contributed by atoms with Gasteiger partial charge < -0.3 is 9.32 Å². The lowest BCUT2D eigenvalue weighted by Crippen LogP contribution is -2.29. The molecule has 0 unspecified atom stereocenters. The van der Waals surface area contributed by atoms with Crippen molar-refractivity contribution in [2.75, 3.05) is 31.6 Å². The van der Waals surface area contributed by atoms with Gasteiger partial charge in [0.2, 0.25) is 20.0 Å². The fourth-order valence-corrected chi connectivity index (χ4v) is 6.36. The minimum atomic E-state index is -3.70. The third-order valence-electron chi connectivity index (χ3n) is 5.54. The van der Waals surface area contributed by atoms with E-state index >= 15 is 0 Å². The van der Waals surface area contributed by atoms with Crippen LogP contribution in [0.1, 0.15) is 34.7 Å². The number of furan rings is 1. The van der Waals surface area contributed by atoms with Crippen molar-refractivity contribution in [3.63, 3.8) is 0 Å². The summed E-state index contributed by atoms with van der Waals surface area (Å²) in [7, 11) is -5.94. The molecule has 2 aliphatic rings. The van der Waals surface area contributed by atoms with E-state index in [1.807, 2.05) is 0 Å². The summed E-state index contributed by atoms with van der Waals surface area (Å²) in [5, 5.41) is 0. The molecule has 0 saturated carbocycles. The molecule has 2 aliphatic heterocycles. The van der Waals surface area contributed by atoms with Crippen LogP contribution in [0.25, 0.3) is 0 Å². The fraction of sp³-hybridized carbons (Fsp3) is 0.421. The van der Waals surface area contributed by atoms with Gasteiger partial charge in [0.05, 0.1) is 4.90 Å². The Bertz CT molecular complexity index is 1210. The Kier molecular flexibility index (Phi) is 5.25. The molecule has 2 aromatic rings. The normalized spacial score (nSPS) is 17.5. The molecule has 30 heavy (non-hydrogen) atoms. The van der Waals surface area contributed by atoms with Gasteiger partial charge in [-0.25, -0.2) is 21.6 Å². The average Bonchev–Trinajstić information content (AvgIpc) is 3.46. The van der Waals surface area contributed by atoms with E-state index in [0.717, 1.165) is 18.4 Å². The van der Waals surface area contributed by atoms with Crippen molar-refractivity contribution < 1.29 is 26.0 Å². The van der Waals surface area contributed by atoms with Crippen LogP contribution in [-0.2, 0) is 26.5 Å². The van der Waals surface area contributed by atoms with Crippen molar-refractivity contribution in [3.05, 3.63) is 41.3 Å². The topological polar surface area (TPSA) is 117 Å². The van der Waals surface area contributed by atoms with Crippen molar-refractivity contribution in [1.29, 1.82) is 0 Å². The van der Waals surface area contributed by atoms with E-state index in [1.54, 1.807) is 12.1 Å². The first-order valence-electron chi connectivity index (χ1n) is 9.64. The molecular formula is C19H23N3O6S2. The van der Waals surface area contributed by atoms with Gasteiger partial charge in [-0.05, 0) is 57.0 Å². The minimum absolute atomic E-state index is 0.0163. The van der Waals surface area contributed by atoms with Crippen LogP contribution in [-0.4, -0.2) is 53.7 Å². The van der Waals surface area contributed by atoms with Crippen molar-refractivity contribution in [2.24, 2.45) is 0 Å². The van der Waals surface area contributed by atoms with Crippen LogP contribution in [0.15, 0.2) is 38.5 Å². The van der Waals surface area contributed by atoms with Gasteiger partial charge in [-0.2, -0.15) is 4.31 Å². The van der Waals surface area contributed by atoms with Crippen molar-refractivity contribution in [1.82, 2.24) is 9.03 Å². The molecule has 0 radical (unpaired) electrons. The molecule has 1 fully saturated rings. The lowest BCUT2D eigenvalue weighted by atomic mass is 10.2. The number of aryl methyl sites for hydroxylation is 1. The standard InChI is InChI=1S/C19H23N3O6S2/c1-13-18(30(26,27)21-8-3-4-9-21)12-17(28-13)19(23)22-10-7-14-11-15(5-6-16(14)22)29(24,25)20-2/h5-6,11-12,20H,3-4,7-10H2,1-2H3. The molecule has 4 rings (SSSR count). The number of hydrogen-bond acceptors (Lipinski definition) is 6. The number of benzene rings is 1. The van der Waals surface area contributed by atoms with Crippen LogP contribution in [0.2, 0.25) is 0 Å². The summed E-state index contributed by atoms with van der Waals surface area (Å²) in [5.74, 6) is -0.325. The fourth-order valence-electron chi connectivity index (χ4n) is 3.90. The summed E-state index contributed by atoms with van der Waals surface area (Å²) < 4.78 is 58.9. The Labute approximate surface area is 175 Å². The highest BCUT2D eigenvalue weighted by molar-refractivity contribution is 7.89. The summed E-state index contributed by atoms with van der Waals surface area (Å²) in [5.41, 5.74) is 1.32. The Hall–Kier alpha value is -2.21. The molecule has 0 spiro atoms. The van der Waals surface area contributed by atoms with Gasteiger partial charge in [-0.3, -0.25) is 4.79 Å². The summed E-state index contributed by atoms with van der Waals surface area (Å²) in [6.07, 6.45) is 2.13. The van der Waals surface area contributed by atoms with E-state index < -0.39 is 26.0 Å². The molecule has 162 valence electrons. The van der Waals surface area contributed by atoms with Crippen LogP contribution >= 0.6 is 0 Å². The third kappa shape index (κ3) is 3.45. The maximum atomic E-state index is 13.1. The monoisotopic (exact) mass is 453 g/mol. The van der Waals surface area contributed by atoms with Crippen LogP contribution in [0.4, 0.5) is 5.69 Å². The number of rotatable bonds is 5. The Morgan fingerprint density at radius 3 is 2.43 bits per heavy atom. The van der Waals surface area contributed by atoms with Gasteiger partial charge >= 0.3 is 0 Å². The number of fused-ring (bicyclic) bond motifs is 1. The molecular weight excluding hydrogens is 430 g/mol. The Morgan fingerprint density at radius 2 is 1.77 bits per heavy atom. The molecule has 1 aromatic heterocycles. The first-order valence-corrected chi connectivity index (χ1v) is 12.6. The van der Waals surface area contributed by atoms with Gasteiger partial charge in [-0.1, -0.05) is 0 Å². The lowest BCUT2D eigenvalue weighted by molar-refractivity contribution is 0.0961. The molecule has 1 amide bonds. The number of hydrogen-bond donors (Lipinski definition) is 1. The lowest BCUT2D eigenvalue weighted by Gasteiger charge is -2.16. The highest BCUT2D eigenvalue weighted by Crippen LogP contribution is 2.33. The van der Waals surface area contributed by atoms with Crippen molar-refractivity contribution >= 4 is 31.6 Å². The summed E-state index contributed by atoms with van der Waals surface area (Å²) in [6, 6.07) is 5.86. The zero-order chi connectivity index (χ0) is 21.7. The number of nitrogens with one attached hydrogen (secondary N) is 1. The molecule has 1 N–H and O–H groups in total. The second-order valence-corrected chi connectivity index (χ2v) is 11.1. The quantitative estimate of drug-likeness (QED) is 0.733. The van der Waals surface area contributed by atoms with E-state index in [2.05, 4.69) is 4.72 Å². The maximum Gasteiger partial charge on any atom is 0.294 e. The molecule has 11 heteroatoms. The van der Waals surface area contributed by atoms with E-state index in [-0.39, 0.29) is 21.3 Å². The molecule has 9 nitrogen and oxygen atoms in total. The van der Waals surface area contributed by atoms with Gasteiger partial charge in [0.25, 0.3) is 5.91 Å². The zero-order valence-corrected chi connectivity index (χ0v) is 18.3. The SMILES string of the molecule is CNS(=O)(=O)c1ccc2c(c1)CCN2C(=O)c1cc(S(=O)(=O)N2CCCC2)c(C)o1. The van der Waals surface area contributed by atoms with Crippen LogP contribution in [0.5, 0.6) is 0 Å². The number of carbonyl (C=O) groups is 1. The summed E-state index contributed by atoms with van der Waals surface area (Å²) in [4.78, 5) is 14.7. The number of sulfonamides is 2. The minimum Gasteiger partial charge on any atom is -0.455 e. The number of nitrogens with zero attached hydrogens (tertiary/aromatic N) is 2. The molecule has 0 atom stereocenters. The molecule has 1 saturated heterocycles. The Morgan fingerprint density at radius 1 is 1.07 bits per heavy atom. The van der Waals surface area contributed by atoms with E-state index in [0.29, 0.717) is 31.7 Å². The number of anilines is 1. The first-order chi connectivity index (χ1) is 14.1. The predicted octanol–water partition coefficient (Wildman–Crippen LogP) is 1.48. The largest absolute Gasteiger partial charge is 0.455 e. The molecule has 3 heterocycles. The summed E-state index contributed by atoms with van der Waals surface area (Å²) >= 11 is 0. The van der Waals surface area contributed by atoms with Gasteiger partial charge in [0.15, 0.2) is 5.76 Å².